The summed E-state index contributed by atoms with van der Waals surface area (Å²) in [6, 6.07) is 3.48. The first-order valence-corrected chi connectivity index (χ1v) is 5.27. The van der Waals surface area contributed by atoms with Crippen LogP contribution in [0.4, 0.5) is 5.69 Å². The van der Waals surface area contributed by atoms with E-state index in [1.807, 2.05) is 0 Å². The summed E-state index contributed by atoms with van der Waals surface area (Å²) in [5, 5.41) is 19.5. The van der Waals surface area contributed by atoms with Crippen LogP contribution in [0.25, 0.3) is 0 Å². The first-order chi connectivity index (χ1) is 9.36. The van der Waals surface area contributed by atoms with Crippen LogP contribution in [0.2, 0.25) is 0 Å². The van der Waals surface area contributed by atoms with E-state index < -0.39 is 22.5 Å². The summed E-state index contributed by atoms with van der Waals surface area (Å²) < 4.78 is 9.47. The maximum Gasteiger partial charge on any atom is 0.344 e. The molecule has 0 fully saturated rings. The summed E-state index contributed by atoms with van der Waals surface area (Å²) in [5.41, 5.74) is -0.915. The predicted molar refractivity (Wildman–Crippen MR) is 66.7 cm³/mol. The van der Waals surface area contributed by atoms with Gasteiger partial charge in [-0.3, -0.25) is 10.1 Å². The van der Waals surface area contributed by atoms with E-state index in [0.29, 0.717) is 0 Å². The Kier molecular flexibility index (Phi) is 4.79. The van der Waals surface area contributed by atoms with E-state index in [1.54, 1.807) is 0 Å². The lowest BCUT2D eigenvalue weighted by Gasteiger charge is -2.07. The SMILES string of the molecule is C=C(COc1ccc(C(=O)OC)c([N+](=O)[O-])c1)C(=O)O. The number of rotatable bonds is 6. The molecule has 0 aliphatic carbocycles. The fraction of sp³-hybridized carbons (Fsp3) is 0.167. The molecular weight excluding hydrogens is 270 g/mol. The number of aliphatic carboxylic acids is 1. The van der Waals surface area contributed by atoms with Crippen LogP contribution in [0, 0.1) is 10.1 Å². The number of nitrogens with zero attached hydrogens (tertiary/aromatic N) is 1. The van der Waals surface area contributed by atoms with Gasteiger partial charge in [-0.15, -0.1) is 0 Å². The van der Waals surface area contributed by atoms with Crippen molar-refractivity contribution in [1.82, 2.24) is 0 Å². The molecule has 0 unspecified atom stereocenters. The number of nitro benzene ring substituents is 1. The number of carboxylic acids is 1. The van der Waals surface area contributed by atoms with Crippen molar-refractivity contribution in [2.24, 2.45) is 0 Å². The number of nitro groups is 1. The molecule has 1 N–H and O–H groups in total. The molecule has 0 aromatic heterocycles. The van der Waals surface area contributed by atoms with Crippen LogP contribution in [-0.4, -0.2) is 35.7 Å². The number of esters is 1. The lowest BCUT2D eigenvalue weighted by molar-refractivity contribution is -0.385. The Morgan fingerprint density at radius 1 is 1.45 bits per heavy atom. The number of hydrogen-bond donors (Lipinski definition) is 1. The highest BCUT2D eigenvalue weighted by atomic mass is 16.6. The van der Waals surface area contributed by atoms with Crippen molar-refractivity contribution in [2.75, 3.05) is 13.7 Å². The highest BCUT2D eigenvalue weighted by Crippen LogP contribution is 2.25. The van der Waals surface area contributed by atoms with Crippen LogP contribution in [0.3, 0.4) is 0 Å². The van der Waals surface area contributed by atoms with E-state index in [0.717, 1.165) is 13.2 Å². The average molecular weight is 281 g/mol. The molecule has 0 aliphatic heterocycles. The predicted octanol–water partition coefficient (Wildman–Crippen LogP) is 1.40. The monoisotopic (exact) mass is 281 g/mol. The highest BCUT2D eigenvalue weighted by Gasteiger charge is 2.21. The zero-order valence-corrected chi connectivity index (χ0v) is 10.5. The van der Waals surface area contributed by atoms with Crippen molar-refractivity contribution in [3.8, 4) is 5.75 Å². The van der Waals surface area contributed by atoms with Crippen LogP contribution >= 0.6 is 0 Å². The third kappa shape index (κ3) is 3.55. The average Bonchev–Trinajstić information content (AvgIpc) is 2.43. The van der Waals surface area contributed by atoms with E-state index in [9.17, 15) is 19.7 Å². The largest absolute Gasteiger partial charge is 0.488 e. The zero-order valence-electron chi connectivity index (χ0n) is 10.5. The molecule has 0 amide bonds. The summed E-state index contributed by atoms with van der Waals surface area (Å²) in [7, 11) is 1.10. The number of methoxy groups -OCH3 is 1. The molecule has 0 saturated heterocycles. The molecule has 0 spiro atoms. The van der Waals surface area contributed by atoms with Crippen LogP contribution in [0.5, 0.6) is 5.75 Å². The Morgan fingerprint density at radius 3 is 2.60 bits per heavy atom. The van der Waals surface area contributed by atoms with Gasteiger partial charge in [0.2, 0.25) is 0 Å². The quantitative estimate of drug-likeness (QED) is 0.362. The normalized spacial score (nSPS) is 9.65. The molecular formula is C12H11NO7. The Balaban J connectivity index is 2.99. The molecule has 1 rings (SSSR count). The molecule has 0 atom stereocenters. The molecule has 8 nitrogen and oxygen atoms in total. The molecule has 0 saturated carbocycles. The van der Waals surface area contributed by atoms with Crippen LogP contribution in [0.15, 0.2) is 30.4 Å². The molecule has 0 heterocycles. The van der Waals surface area contributed by atoms with Crippen molar-refractivity contribution in [1.29, 1.82) is 0 Å². The van der Waals surface area contributed by atoms with E-state index in [2.05, 4.69) is 11.3 Å². The molecule has 0 aliphatic rings. The standard InChI is InChI=1S/C12H11NO7/c1-7(11(14)15)6-20-8-3-4-9(12(16)19-2)10(5-8)13(17)18/h3-5H,1,6H2,2H3,(H,14,15). The Labute approximate surface area is 113 Å². The number of carbonyl (C=O) groups is 2. The molecule has 0 bridgehead atoms. The molecule has 0 radical (unpaired) electrons. The van der Waals surface area contributed by atoms with Gasteiger partial charge in [0.05, 0.1) is 23.7 Å². The smallest absolute Gasteiger partial charge is 0.344 e. The second kappa shape index (κ2) is 6.32. The Morgan fingerprint density at radius 2 is 2.10 bits per heavy atom. The highest BCUT2D eigenvalue weighted by molar-refractivity contribution is 5.94. The van der Waals surface area contributed by atoms with Crippen molar-refractivity contribution in [2.45, 2.75) is 0 Å². The summed E-state index contributed by atoms with van der Waals surface area (Å²) in [6.07, 6.45) is 0. The minimum Gasteiger partial charge on any atom is -0.488 e. The van der Waals surface area contributed by atoms with Gasteiger partial charge in [0.1, 0.15) is 17.9 Å². The maximum atomic E-state index is 11.3. The summed E-state index contributed by atoms with van der Waals surface area (Å²) in [4.78, 5) is 32.0. The second-order valence-corrected chi connectivity index (χ2v) is 3.63. The van der Waals surface area contributed by atoms with Gasteiger partial charge in [-0.05, 0) is 12.1 Å². The van der Waals surface area contributed by atoms with Gasteiger partial charge in [0.25, 0.3) is 5.69 Å². The topological polar surface area (TPSA) is 116 Å². The fourth-order valence-corrected chi connectivity index (χ4v) is 1.27. The summed E-state index contributed by atoms with van der Waals surface area (Å²) in [6.45, 7) is 2.92. The van der Waals surface area contributed by atoms with Crippen molar-refractivity contribution in [3.63, 3.8) is 0 Å². The van der Waals surface area contributed by atoms with Crippen LogP contribution in [-0.2, 0) is 9.53 Å². The third-order valence-corrected chi connectivity index (χ3v) is 2.29. The molecule has 1 aromatic carbocycles. The maximum absolute atomic E-state index is 11.3. The van der Waals surface area contributed by atoms with Gasteiger partial charge >= 0.3 is 11.9 Å². The minimum absolute atomic E-state index is 0.0479. The number of carbonyl (C=O) groups excluding carboxylic acids is 1. The number of carboxylic acid groups (broad SMARTS) is 1. The van der Waals surface area contributed by atoms with Crippen LogP contribution in [0.1, 0.15) is 10.4 Å². The summed E-state index contributed by atoms with van der Waals surface area (Å²) in [5.74, 6) is -2.03. The Hall–Kier alpha value is -2.90. The number of benzene rings is 1. The zero-order chi connectivity index (χ0) is 15.3. The van der Waals surface area contributed by atoms with Gasteiger partial charge in [-0.2, -0.15) is 0 Å². The van der Waals surface area contributed by atoms with Gasteiger partial charge in [-0.25, -0.2) is 9.59 Å². The fourth-order valence-electron chi connectivity index (χ4n) is 1.27. The van der Waals surface area contributed by atoms with Crippen molar-refractivity contribution >= 4 is 17.6 Å². The number of hydrogen-bond acceptors (Lipinski definition) is 6. The first kappa shape index (κ1) is 15.2. The van der Waals surface area contributed by atoms with Gasteiger partial charge in [0.15, 0.2) is 0 Å². The van der Waals surface area contributed by atoms with E-state index in [1.165, 1.54) is 12.1 Å². The van der Waals surface area contributed by atoms with E-state index in [4.69, 9.17) is 9.84 Å². The second-order valence-electron chi connectivity index (χ2n) is 3.63. The number of ether oxygens (including phenoxy) is 2. The van der Waals surface area contributed by atoms with Crippen molar-refractivity contribution in [3.05, 3.63) is 46.0 Å². The van der Waals surface area contributed by atoms with Crippen molar-refractivity contribution < 1.29 is 29.1 Å². The third-order valence-electron chi connectivity index (χ3n) is 2.29. The minimum atomic E-state index is -1.23. The van der Waals surface area contributed by atoms with Gasteiger partial charge in [0, 0.05) is 0 Å². The van der Waals surface area contributed by atoms with E-state index in [-0.39, 0.29) is 23.5 Å². The summed E-state index contributed by atoms with van der Waals surface area (Å²) >= 11 is 0. The lowest BCUT2D eigenvalue weighted by Crippen LogP contribution is -2.10. The molecule has 8 heteroatoms. The van der Waals surface area contributed by atoms with Gasteiger partial charge < -0.3 is 14.6 Å². The van der Waals surface area contributed by atoms with E-state index >= 15 is 0 Å². The molecule has 20 heavy (non-hydrogen) atoms. The molecule has 1 aromatic rings. The Bertz CT molecular complexity index is 579. The lowest BCUT2D eigenvalue weighted by atomic mass is 10.1. The van der Waals surface area contributed by atoms with Gasteiger partial charge in [-0.1, -0.05) is 6.58 Å². The first-order valence-electron chi connectivity index (χ1n) is 5.27. The molecule has 106 valence electrons. The van der Waals surface area contributed by atoms with Crippen LogP contribution < -0.4 is 4.74 Å².